The minimum atomic E-state index is -0.458. The van der Waals surface area contributed by atoms with Gasteiger partial charge in [0.05, 0.1) is 16.3 Å². The van der Waals surface area contributed by atoms with E-state index in [1.165, 1.54) is 11.8 Å². The van der Waals surface area contributed by atoms with Crippen molar-refractivity contribution in [2.24, 2.45) is 10.9 Å². The molecule has 0 spiro atoms. The monoisotopic (exact) mass is 390 g/mol. The van der Waals surface area contributed by atoms with Crippen molar-refractivity contribution in [3.8, 4) is 6.07 Å². The van der Waals surface area contributed by atoms with Gasteiger partial charge in [0, 0.05) is 19.5 Å². The number of aliphatic imine (C=N–C) groups is 1. The lowest BCUT2D eigenvalue weighted by atomic mass is 10.2. The molecule has 1 aliphatic carbocycles. The molecule has 1 aliphatic heterocycles. The lowest BCUT2D eigenvalue weighted by molar-refractivity contribution is -0.129. The van der Waals surface area contributed by atoms with Gasteiger partial charge >= 0.3 is 0 Å². The third-order valence-corrected chi connectivity index (χ3v) is 6.12. The molecule has 0 aromatic heterocycles. The van der Waals surface area contributed by atoms with Gasteiger partial charge < -0.3 is 5.32 Å². The van der Waals surface area contributed by atoms with E-state index in [0.29, 0.717) is 27.4 Å². The maximum absolute atomic E-state index is 12.8. The minimum Gasteiger partial charge on any atom is -0.359 e. The van der Waals surface area contributed by atoms with E-state index < -0.39 is 5.25 Å². The number of hydrogen-bond donors (Lipinski definition) is 1. The van der Waals surface area contributed by atoms with E-state index in [9.17, 15) is 9.59 Å². The SMILES string of the molecule is CC[C@@H]1C[C@H]1N1C(=O)C(CC(=O)NC)SC1=Nc1ccc(C#N)c(Cl)c1. The van der Waals surface area contributed by atoms with E-state index in [0.717, 1.165) is 12.8 Å². The fourth-order valence-corrected chi connectivity index (χ4v) is 4.45. The van der Waals surface area contributed by atoms with Gasteiger partial charge in [0.25, 0.3) is 0 Å². The van der Waals surface area contributed by atoms with Crippen molar-refractivity contribution in [2.75, 3.05) is 7.05 Å². The van der Waals surface area contributed by atoms with Crippen molar-refractivity contribution in [3.63, 3.8) is 0 Å². The first-order valence-electron chi connectivity index (χ1n) is 8.47. The van der Waals surface area contributed by atoms with Gasteiger partial charge in [-0.05, 0) is 30.5 Å². The molecule has 8 heteroatoms. The number of amidine groups is 1. The Morgan fingerprint density at radius 2 is 2.31 bits per heavy atom. The fourth-order valence-electron chi connectivity index (χ4n) is 3.03. The van der Waals surface area contributed by atoms with E-state index in [1.807, 2.05) is 6.07 Å². The fraction of sp³-hybridized carbons (Fsp3) is 0.444. The first-order chi connectivity index (χ1) is 12.5. The number of nitrogens with one attached hydrogen (secondary N) is 1. The van der Waals surface area contributed by atoms with Crippen LogP contribution in [-0.2, 0) is 9.59 Å². The summed E-state index contributed by atoms with van der Waals surface area (Å²) in [4.78, 5) is 30.9. The zero-order valence-electron chi connectivity index (χ0n) is 14.5. The molecule has 26 heavy (non-hydrogen) atoms. The number of nitriles is 1. The highest BCUT2D eigenvalue weighted by molar-refractivity contribution is 8.15. The highest BCUT2D eigenvalue weighted by Crippen LogP contribution is 2.44. The van der Waals surface area contributed by atoms with Crippen molar-refractivity contribution in [1.29, 1.82) is 5.26 Å². The molecule has 2 aliphatic rings. The topological polar surface area (TPSA) is 85.6 Å². The summed E-state index contributed by atoms with van der Waals surface area (Å²) in [5.74, 6) is 0.257. The number of hydrogen-bond acceptors (Lipinski definition) is 5. The van der Waals surface area contributed by atoms with Crippen LogP contribution in [0.1, 0.15) is 31.7 Å². The summed E-state index contributed by atoms with van der Waals surface area (Å²) in [5.41, 5.74) is 0.969. The highest BCUT2D eigenvalue weighted by Gasteiger charge is 2.50. The lowest BCUT2D eigenvalue weighted by Gasteiger charge is -2.16. The van der Waals surface area contributed by atoms with Crippen LogP contribution in [0.3, 0.4) is 0 Å². The molecule has 136 valence electrons. The van der Waals surface area contributed by atoms with Gasteiger partial charge in [-0.1, -0.05) is 36.7 Å². The molecule has 1 saturated heterocycles. The van der Waals surface area contributed by atoms with Gasteiger partial charge in [-0.15, -0.1) is 0 Å². The number of halogens is 1. The predicted molar refractivity (Wildman–Crippen MR) is 102 cm³/mol. The standard InChI is InChI=1S/C18H19ClN4O2S/c1-3-10-6-14(10)23-17(25)15(8-16(24)21-2)26-18(23)22-12-5-4-11(9-20)13(19)7-12/h4-5,7,10,14-15H,3,6,8H2,1-2H3,(H,21,24)/t10-,14-,15?/m1/s1. The predicted octanol–water partition coefficient (Wildman–Crippen LogP) is 3.08. The summed E-state index contributed by atoms with van der Waals surface area (Å²) in [6.07, 6.45) is 2.10. The summed E-state index contributed by atoms with van der Waals surface area (Å²) in [7, 11) is 1.56. The zero-order valence-corrected chi connectivity index (χ0v) is 16.1. The molecule has 3 rings (SSSR count). The van der Waals surface area contributed by atoms with Gasteiger partial charge in [0.15, 0.2) is 5.17 Å². The Labute approximate surface area is 161 Å². The summed E-state index contributed by atoms with van der Waals surface area (Å²) >= 11 is 7.40. The van der Waals surface area contributed by atoms with Crippen LogP contribution < -0.4 is 5.32 Å². The molecule has 6 nitrogen and oxygen atoms in total. The Morgan fingerprint density at radius 1 is 1.54 bits per heavy atom. The quantitative estimate of drug-likeness (QED) is 0.837. The first-order valence-corrected chi connectivity index (χ1v) is 9.72. The highest BCUT2D eigenvalue weighted by atomic mass is 35.5. The van der Waals surface area contributed by atoms with Gasteiger partial charge in [-0.25, -0.2) is 4.99 Å². The van der Waals surface area contributed by atoms with Crippen LogP contribution in [0.5, 0.6) is 0 Å². The number of amides is 2. The van der Waals surface area contributed by atoms with Crippen LogP contribution in [0, 0.1) is 17.2 Å². The Morgan fingerprint density at radius 3 is 2.88 bits per heavy atom. The van der Waals surface area contributed by atoms with Crippen LogP contribution >= 0.6 is 23.4 Å². The smallest absolute Gasteiger partial charge is 0.242 e. The minimum absolute atomic E-state index is 0.0574. The summed E-state index contributed by atoms with van der Waals surface area (Å²) < 4.78 is 0. The van der Waals surface area contributed by atoms with Gasteiger partial charge in [-0.2, -0.15) is 5.26 Å². The van der Waals surface area contributed by atoms with Crippen molar-refractivity contribution in [3.05, 3.63) is 28.8 Å². The second-order valence-corrected chi connectivity index (χ2v) is 7.91. The third kappa shape index (κ3) is 3.71. The normalized spacial score (nSPS) is 26.1. The van der Waals surface area contributed by atoms with Crippen LogP contribution in [0.25, 0.3) is 0 Å². The summed E-state index contributed by atoms with van der Waals surface area (Å²) in [6.45, 7) is 2.11. The van der Waals surface area contributed by atoms with E-state index in [-0.39, 0.29) is 24.3 Å². The van der Waals surface area contributed by atoms with Gasteiger partial charge in [0.2, 0.25) is 11.8 Å². The third-order valence-electron chi connectivity index (χ3n) is 4.66. The lowest BCUT2D eigenvalue weighted by Crippen LogP contribution is -2.36. The Bertz CT molecular complexity index is 820. The van der Waals surface area contributed by atoms with Crippen LogP contribution in [0.15, 0.2) is 23.2 Å². The largest absolute Gasteiger partial charge is 0.359 e. The molecular weight excluding hydrogens is 372 g/mol. The molecule has 1 unspecified atom stereocenters. The molecule has 1 N–H and O–H groups in total. The molecule has 2 amide bonds. The molecule has 1 heterocycles. The Balaban J connectivity index is 1.89. The number of thioether (sulfide) groups is 1. The maximum Gasteiger partial charge on any atom is 0.242 e. The zero-order chi connectivity index (χ0) is 18.8. The van der Waals surface area contributed by atoms with Crippen molar-refractivity contribution in [2.45, 2.75) is 37.5 Å². The number of carbonyl (C=O) groups excluding carboxylic acids is 2. The maximum atomic E-state index is 12.8. The van der Waals surface area contributed by atoms with Crippen LogP contribution in [0.2, 0.25) is 5.02 Å². The molecule has 1 saturated carbocycles. The van der Waals surface area contributed by atoms with Gasteiger partial charge in [-0.3, -0.25) is 14.5 Å². The molecule has 1 aromatic carbocycles. The van der Waals surface area contributed by atoms with E-state index in [2.05, 4.69) is 17.2 Å². The molecule has 0 radical (unpaired) electrons. The summed E-state index contributed by atoms with van der Waals surface area (Å²) in [5, 5.41) is 12.0. The average Bonchev–Trinajstić information content (AvgIpc) is 3.34. The van der Waals surface area contributed by atoms with Crippen molar-refractivity contribution in [1.82, 2.24) is 10.2 Å². The Hall–Kier alpha value is -2.04. The average molecular weight is 391 g/mol. The van der Waals surface area contributed by atoms with Gasteiger partial charge in [0.1, 0.15) is 11.3 Å². The molecule has 0 bridgehead atoms. The summed E-state index contributed by atoms with van der Waals surface area (Å²) in [6, 6.07) is 7.10. The van der Waals surface area contributed by atoms with E-state index >= 15 is 0 Å². The Kier molecular flexibility index (Phi) is 5.54. The van der Waals surface area contributed by atoms with E-state index in [4.69, 9.17) is 16.9 Å². The second-order valence-electron chi connectivity index (χ2n) is 6.33. The van der Waals surface area contributed by atoms with Crippen molar-refractivity contribution >= 4 is 46.0 Å². The second kappa shape index (κ2) is 7.68. The number of carbonyl (C=O) groups is 2. The number of nitrogens with zero attached hydrogens (tertiary/aromatic N) is 3. The number of rotatable bonds is 5. The van der Waals surface area contributed by atoms with E-state index in [1.54, 1.807) is 30.1 Å². The molecule has 1 aromatic rings. The van der Waals surface area contributed by atoms with Crippen molar-refractivity contribution < 1.29 is 9.59 Å². The number of benzene rings is 1. The van der Waals surface area contributed by atoms with Crippen LogP contribution in [-0.4, -0.2) is 40.2 Å². The molecule has 3 atom stereocenters. The molecular formula is C18H19ClN4O2S. The van der Waals surface area contributed by atoms with Crippen LogP contribution in [0.4, 0.5) is 5.69 Å². The first kappa shape index (κ1) is 18.7. The molecule has 2 fully saturated rings.